The second-order valence-corrected chi connectivity index (χ2v) is 9.74. The minimum absolute atomic E-state index is 0.267. The van der Waals surface area contributed by atoms with Crippen molar-refractivity contribution < 1.29 is 23.9 Å². The average molecular weight is 524 g/mol. The molecule has 36 heavy (non-hydrogen) atoms. The van der Waals surface area contributed by atoms with Gasteiger partial charge in [-0.05, 0) is 79.7 Å². The van der Waals surface area contributed by atoms with E-state index in [1.165, 1.54) is 0 Å². The van der Waals surface area contributed by atoms with Gasteiger partial charge in [0.05, 0.1) is 4.91 Å². The van der Waals surface area contributed by atoms with E-state index in [1.54, 1.807) is 24.3 Å². The Morgan fingerprint density at radius 3 is 2.53 bits per heavy atom. The predicted molar refractivity (Wildman–Crippen MR) is 139 cm³/mol. The maximum Gasteiger partial charge on any atom is 0.294 e. The number of amides is 3. The second kappa shape index (κ2) is 9.75. The minimum Gasteiger partial charge on any atom is -0.486 e. The lowest BCUT2D eigenvalue weighted by Crippen LogP contribution is -2.36. The first-order valence-corrected chi connectivity index (χ1v) is 12.4. The van der Waals surface area contributed by atoms with Crippen LogP contribution in [0.5, 0.6) is 11.5 Å². The summed E-state index contributed by atoms with van der Waals surface area (Å²) in [6, 6.07) is 14.4. The fraction of sp³-hybridized carbons (Fsp3) is 0.192. The average Bonchev–Trinajstić information content (AvgIpc) is 3.28. The molecule has 3 amide bonds. The third-order valence-electron chi connectivity index (χ3n) is 5.84. The van der Waals surface area contributed by atoms with Crippen molar-refractivity contribution in [3.05, 3.63) is 75.4 Å². The SMILES string of the molecule is Cc1cc(/C=C2/SC(=O)N(CC(=O)Nc3ccc4c(c3)OCCO4)C2=O)c(C)n1-c1ccc(Cl)cc1. The molecule has 5 rings (SSSR count). The van der Waals surface area contributed by atoms with Gasteiger partial charge < -0.3 is 19.4 Å². The van der Waals surface area contributed by atoms with Gasteiger partial charge in [0.25, 0.3) is 11.1 Å². The maximum absolute atomic E-state index is 13.0. The van der Waals surface area contributed by atoms with Gasteiger partial charge in [-0.25, -0.2) is 0 Å². The molecule has 0 atom stereocenters. The van der Waals surface area contributed by atoms with Gasteiger partial charge in [0, 0.05) is 33.9 Å². The Bertz CT molecular complexity index is 1410. The number of carbonyl (C=O) groups excluding carboxylic acids is 3. The number of hydrogen-bond donors (Lipinski definition) is 1. The summed E-state index contributed by atoms with van der Waals surface area (Å²) in [6.45, 7) is 4.41. The van der Waals surface area contributed by atoms with Gasteiger partial charge in [-0.1, -0.05) is 11.6 Å². The van der Waals surface area contributed by atoms with Crippen LogP contribution in [0.1, 0.15) is 17.0 Å². The molecule has 1 N–H and O–H groups in total. The molecule has 1 aromatic heterocycles. The van der Waals surface area contributed by atoms with E-state index in [2.05, 4.69) is 5.32 Å². The first-order chi connectivity index (χ1) is 17.3. The number of ether oxygens (including phenoxy) is 2. The largest absolute Gasteiger partial charge is 0.486 e. The second-order valence-electron chi connectivity index (χ2n) is 8.31. The number of fused-ring (bicyclic) bond motifs is 1. The smallest absolute Gasteiger partial charge is 0.294 e. The van der Waals surface area contributed by atoms with E-state index in [0.717, 1.165) is 39.3 Å². The van der Waals surface area contributed by atoms with Crippen LogP contribution in [-0.2, 0) is 9.59 Å². The fourth-order valence-electron chi connectivity index (χ4n) is 4.16. The van der Waals surface area contributed by atoms with Crippen molar-refractivity contribution in [1.82, 2.24) is 9.47 Å². The third kappa shape index (κ3) is 4.72. The van der Waals surface area contributed by atoms with Crippen LogP contribution in [0.4, 0.5) is 10.5 Å². The van der Waals surface area contributed by atoms with Gasteiger partial charge in [0.2, 0.25) is 5.91 Å². The Labute approximate surface area is 216 Å². The van der Waals surface area contributed by atoms with Crippen LogP contribution in [0.25, 0.3) is 11.8 Å². The number of aryl methyl sites for hydroxylation is 1. The van der Waals surface area contributed by atoms with Crippen LogP contribution in [0.15, 0.2) is 53.4 Å². The standard InChI is InChI=1S/C26H22ClN3O5S/c1-15-11-17(16(2)30(15)20-6-3-18(27)4-7-20)12-23-25(32)29(26(33)36-23)14-24(31)28-19-5-8-21-22(13-19)35-10-9-34-21/h3-8,11-13H,9-10,14H2,1-2H3,(H,28,31)/b23-12+. The molecule has 0 bridgehead atoms. The van der Waals surface area contributed by atoms with Crippen LogP contribution in [0.2, 0.25) is 5.02 Å². The number of thioether (sulfide) groups is 1. The van der Waals surface area contributed by atoms with Crippen molar-refractivity contribution in [3.63, 3.8) is 0 Å². The van der Waals surface area contributed by atoms with Gasteiger partial charge in [0.1, 0.15) is 19.8 Å². The van der Waals surface area contributed by atoms with Crippen molar-refractivity contribution >= 4 is 52.2 Å². The van der Waals surface area contributed by atoms with E-state index in [0.29, 0.717) is 35.4 Å². The van der Waals surface area contributed by atoms with Gasteiger partial charge in [0.15, 0.2) is 11.5 Å². The molecule has 184 valence electrons. The molecule has 0 radical (unpaired) electrons. The molecule has 0 unspecified atom stereocenters. The third-order valence-corrected chi connectivity index (χ3v) is 7.00. The van der Waals surface area contributed by atoms with E-state index in [9.17, 15) is 14.4 Å². The molecule has 3 heterocycles. The number of imide groups is 1. The molecule has 2 aliphatic heterocycles. The van der Waals surface area contributed by atoms with Crippen LogP contribution < -0.4 is 14.8 Å². The van der Waals surface area contributed by atoms with E-state index in [-0.39, 0.29) is 11.4 Å². The highest BCUT2D eigenvalue weighted by Crippen LogP contribution is 2.35. The number of nitrogens with one attached hydrogen (secondary N) is 1. The predicted octanol–water partition coefficient (Wildman–Crippen LogP) is 5.19. The fourth-order valence-corrected chi connectivity index (χ4v) is 5.12. The Balaban J connectivity index is 1.30. The molecule has 0 saturated carbocycles. The molecule has 10 heteroatoms. The van der Waals surface area contributed by atoms with Crippen molar-refractivity contribution in [2.45, 2.75) is 13.8 Å². The number of rotatable bonds is 5. The number of anilines is 1. The quantitative estimate of drug-likeness (QED) is 0.463. The monoisotopic (exact) mass is 523 g/mol. The summed E-state index contributed by atoms with van der Waals surface area (Å²) >= 11 is 6.84. The first kappa shape index (κ1) is 24.0. The summed E-state index contributed by atoms with van der Waals surface area (Å²) in [6.07, 6.45) is 1.69. The summed E-state index contributed by atoms with van der Waals surface area (Å²) in [5.74, 6) is 0.143. The van der Waals surface area contributed by atoms with Crippen molar-refractivity contribution in [3.8, 4) is 17.2 Å². The molecule has 3 aromatic rings. The highest BCUT2D eigenvalue weighted by Gasteiger charge is 2.36. The molecule has 2 aliphatic rings. The van der Waals surface area contributed by atoms with E-state index in [4.69, 9.17) is 21.1 Å². The van der Waals surface area contributed by atoms with Crippen LogP contribution in [-0.4, -0.2) is 46.3 Å². The van der Waals surface area contributed by atoms with E-state index in [1.807, 2.05) is 48.7 Å². The van der Waals surface area contributed by atoms with Crippen LogP contribution in [0.3, 0.4) is 0 Å². The molecular formula is C26H22ClN3O5S. The lowest BCUT2D eigenvalue weighted by molar-refractivity contribution is -0.127. The lowest BCUT2D eigenvalue weighted by Gasteiger charge is -2.19. The summed E-state index contributed by atoms with van der Waals surface area (Å²) in [7, 11) is 0. The Morgan fingerprint density at radius 1 is 1.06 bits per heavy atom. The molecule has 2 aromatic carbocycles. The van der Waals surface area contributed by atoms with E-state index < -0.39 is 17.1 Å². The van der Waals surface area contributed by atoms with Gasteiger partial charge in [-0.2, -0.15) is 0 Å². The first-order valence-electron chi connectivity index (χ1n) is 11.2. The number of benzene rings is 2. The number of carbonyl (C=O) groups is 3. The lowest BCUT2D eigenvalue weighted by atomic mass is 10.2. The normalized spacial score (nSPS) is 16.1. The number of aromatic nitrogens is 1. The molecule has 1 saturated heterocycles. The van der Waals surface area contributed by atoms with Gasteiger partial charge in [-0.3, -0.25) is 19.3 Å². The zero-order valence-electron chi connectivity index (χ0n) is 19.5. The maximum atomic E-state index is 13.0. The molecular weight excluding hydrogens is 502 g/mol. The molecule has 0 spiro atoms. The Hall–Kier alpha value is -3.69. The highest BCUT2D eigenvalue weighted by atomic mass is 35.5. The number of hydrogen-bond acceptors (Lipinski definition) is 6. The van der Waals surface area contributed by atoms with E-state index >= 15 is 0 Å². The van der Waals surface area contributed by atoms with Gasteiger partial charge >= 0.3 is 0 Å². The molecule has 0 aliphatic carbocycles. The summed E-state index contributed by atoms with van der Waals surface area (Å²) in [5, 5.41) is 2.86. The highest BCUT2D eigenvalue weighted by molar-refractivity contribution is 8.18. The molecule has 1 fully saturated rings. The summed E-state index contributed by atoms with van der Waals surface area (Å²) in [5.41, 5.74) is 4.13. The zero-order chi connectivity index (χ0) is 25.4. The Morgan fingerprint density at radius 2 is 1.78 bits per heavy atom. The topological polar surface area (TPSA) is 89.9 Å². The summed E-state index contributed by atoms with van der Waals surface area (Å²) in [4.78, 5) is 39.4. The number of halogens is 1. The summed E-state index contributed by atoms with van der Waals surface area (Å²) < 4.78 is 13.0. The molecule has 8 nitrogen and oxygen atoms in total. The minimum atomic E-state index is -0.501. The Kier molecular flexibility index (Phi) is 6.51. The zero-order valence-corrected chi connectivity index (χ0v) is 21.1. The van der Waals surface area contributed by atoms with Gasteiger partial charge in [-0.15, -0.1) is 0 Å². The van der Waals surface area contributed by atoms with Crippen LogP contribution in [0, 0.1) is 13.8 Å². The number of nitrogens with zero attached hydrogens (tertiary/aromatic N) is 2. The van der Waals surface area contributed by atoms with Crippen molar-refractivity contribution in [2.75, 3.05) is 25.1 Å². The van der Waals surface area contributed by atoms with Crippen LogP contribution >= 0.6 is 23.4 Å². The van der Waals surface area contributed by atoms with Crippen molar-refractivity contribution in [1.29, 1.82) is 0 Å². The van der Waals surface area contributed by atoms with Crippen molar-refractivity contribution in [2.24, 2.45) is 0 Å².